The van der Waals surface area contributed by atoms with Crippen LogP contribution in [0, 0.1) is 12.8 Å². The van der Waals surface area contributed by atoms with Gasteiger partial charge >= 0.3 is 0 Å². The highest BCUT2D eigenvalue weighted by Crippen LogP contribution is 2.31. The van der Waals surface area contributed by atoms with Gasteiger partial charge in [0.1, 0.15) is 5.92 Å². The first kappa shape index (κ1) is 15.9. The number of carbonyl (C=O) groups excluding carboxylic acids is 2. The quantitative estimate of drug-likeness (QED) is 0.874. The number of nitrogens with one attached hydrogen (secondary N) is 1. The summed E-state index contributed by atoms with van der Waals surface area (Å²) >= 11 is 0. The maximum Gasteiger partial charge on any atom is 0.239 e. The molecule has 0 radical (unpaired) electrons. The van der Waals surface area contributed by atoms with Gasteiger partial charge in [-0.1, -0.05) is 23.8 Å². The van der Waals surface area contributed by atoms with Crippen LogP contribution < -0.4 is 10.2 Å². The van der Waals surface area contributed by atoms with E-state index in [-0.39, 0.29) is 11.8 Å². The van der Waals surface area contributed by atoms with Crippen LogP contribution in [0.15, 0.2) is 42.5 Å². The molecule has 4 nitrogen and oxygen atoms in total. The lowest BCUT2D eigenvalue weighted by molar-refractivity contribution is -0.129. The molecule has 1 atom stereocenters. The Balaban J connectivity index is 1.47. The second kappa shape index (κ2) is 6.36. The van der Waals surface area contributed by atoms with Crippen molar-refractivity contribution >= 4 is 23.2 Å². The molecule has 128 valence electrons. The fraction of sp³-hybridized carbons (Fsp3) is 0.333. The highest BCUT2D eigenvalue weighted by Gasteiger charge is 2.37. The third-order valence-electron chi connectivity index (χ3n) is 5.23. The van der Waals surface area contributed by atoms with Crippen LogP contribution in [0.1, 0.15) is 29.5 Å². The Hall–Kier alpha value is -2.62. The number of carbonyl (C=O) groups is 2. The normalized spacial score (nSPS) is 19.2. The lowest BCUT2D eigenvalue weighted by Gasteiger charge is -2.18. The molecular formula is C21H22N2O2. The Morgan fingerprint density at radius 2 is 1.84 bits per heavy atom. The first-order chi connectivity index (χ1) is 12.1. The Morgan fingerprint density at radius 1 is 1.08 bits per heavy atom. The van der Waals surface area contributed by atoms with Crippen LogP contribution in [0.2, 0.25) is 0 Å². The molecule has 0 spiro atoms. The molecule has 0 saturated carbocycles. The van der Waals surface area contributed by atoms with E-state index in [2.05, 4.69) is 17.4 Å². The molecule has 4 heteroatoms. The van der Waals surface area contributed by atoms with Crippen LogP contribution in [0.3, 0.4) is 0 Å². The molecule has 1 aliphatic carbocycles. The van der Waals surface area contributed by atoms with Gasteiger partial charge in [0.25, 0.3) is 0 Å². The first-order valence-electron chi connectivity index (χ1n) is 8.92. The van der Waals surface area contributed by atoms with Crippen LogP contribution in [0.5, 0.6) is 0 Å². The van der Waals surface area contributed by atoms with E-state index in [1.807, 2.05) is 37.3 Å². The van der Waals surface area contributed by atoms with Gasteiger partial charge in [0.2, 0.25) is 11.8 Å². The second-order valence-corrected chi connectivity index (χ2v) is 6.99. The topological polar surface area (TPSA) is 49.4 Å². The van der Waals surface area contributed by atoms with E-state index < -0.39 is 5.92 Å². The number of hydrogen-bond donors (Lipinski definition) is 1. The van der Waals surface area contributed by atoms with Crippen molar-refractivity contribution in [2.24, 2.45) is 5.92 Å². The molecule has 2 aromatic carbocycles. The summed E-state index contributed by atoms with van der Waals surface area (Å²) in [5.41, 5.74) is 5.54. The number of amides is 2. The summed E-state index contributed by atoms with van der Waals surface area (Å²) in [5.74, 6) is -0.908. The van der Waals surface area contributed by atoms with Crippen molar-refractivity contribution in [3.63, 3.8) is 0 Å². The Bertz CT molecular complexity index is 826. The third-order valence-corrected chi connectivity index (χ3v) is 5.23. The van der Waals surface area contributed by atoms with Crippen molar-refractivity contribution in [3.05, 3.63) is 59.2 Å². The van der Waals surface area contributed by atoms with Gasteiger partial charge < -0.3 is 10.2 Å². The van der Waals surface area contributed by atoms with E-state index in [1.54, 1.807) is 4.90 Å². The van der Waals surface area contributed by atoms with E-state index in [1.165, 1.54) is 17.5 Å². The molecule has 25 heavy (non-hydrogen) atoms. The SMILES string of the molecule is Cc1ccc(NC(=O)[C@H]2CCN(c3ccc4c(c3)CCC4)C2=O)cc1. The summed E-state index contributed by atoms with van der Waals surface area (Å²) in [7, 11) is 0. The van der Waals surface area contributed by atoms with E-state index in [0.29, 0.717) is 13.0 Å². The van der Waals surface area contributed by atoms with Crippen molar-refractivity contribution in [1.29, 1.82) is 0 Å². The Morgan fingerprint density at radius 3 is 2.64 bits per heavy atom. The van der Waals surface area contributed by atoms with Gasteiger partial charge in [-0.15, -0.1) is 0 Å². The molecular weight excluding hydrogens is 312 g/mol. The molecule has 1 fully saturated rings. The first-order valence-corrected chi connectivity index (χ1v) is 8.92. The average Bonchev–Trinajstić information content (AvgIpc) is 3.22. The minimum Gasteiger partial charge on any atom is -0.325 e. The van der Waals surface area contributed by atoms with Crippen LogP contribution >= 0.6 is 0 Å². The number of fused-ring (bicyclic) bond motifs is 1. The monoisotopic (exact) mass is 334 g/mol. The number of rotatable bonds is 3. The fourth-order valence-corrected chi connectivity index (χ4v) is 3.77. The Labute approximate surface area is 147 Å². The molecule has 1 aliphatic heterocycles. The molecule has 2 aromatic rings. The van der Waals surface area contributed by atoms with Gasteiger partial charge in [-0.2, -0.15) is 0 Å². The zero-order chi connectivity index (χ0) is 17.4. The van der Waals surface area contributed by atoms with Gasteiger partial charge in [0.15, 0.2) is 0 Å². The predicted molar refractivity (Wildman–Crippen MR) is 98.7 cm³/mol. The average molecular weight is 334 g/mol. The molecule has 1 saturated heterocycles. The lowest BCUT2D eigenvalue weighted by atomic mass is 10.1. The van der Waals surface area contributed by atoms with Crippen LogP contribution in [0.25, 0.3) is 0 Å². The molecule has 1 heterocycles. The maximum atomic E-state index is 12.8. The van der Waals surface area contributed by atoms with Crippen molar-refractivity contribution in [1.82, 2.24) is 0 Å². The van der Waals surface area contributed by atoms with Gasteiger partial charge in [0.05, 0.1) is 0 Å². The number of aryl methyl sites for hydroxylation is 3. The Kier molecular flexibility index (Phi) is 4.04. The summed E-state index contributed by atoms with van der Waals surface area (Å²) in [6.45, 7) is 2.60. The van der Waals surface area contributed by atoms with E-state index >= 15 is 0 Å². The number of anilines is 2. The number of hydrogen-bond acceptors (Lipinski definition) is 2. The van der Waals surface area contributed by atoms with Gasteiger partial charge in [0, 0.05) is 17.9 Å². The second-order valence-electron chi connectivity index (χ2n) is 6.99. The van der Waals surface area contributed by atoms with Gasteiger partial charge in [-0.25, -0.2) is 0 Å². The summed E-state index contributed by atoms with van der Waals surface area (Å²) in [5, 5.41) is 2.87. The largest absolute Gasteiger partial charge is 0.325 e. The van der Waals surface area contributed by atoms with E-state index in [9.17, 15) is 9.59 Å². The van der Waals surface area contributed by atoms with Gasteiger partial charge in [-0.05, 0) is 68.0 Å². The molecule has 0 bridgehead atoms. The zero-order valence-electron chi connectivity index (χ0n) is 14.4. The smallest absolute Gasteiger partial charge is 0.239 e. The summed E-state index contributed by atoms with van der Waals surface area (Å²) in [6, 6.07) is 13.9. The highest BCUT2D eigenvalue weighted by atomic mass is 16.2. The van der Waals surface area contributed by atoms with Crippen molar-refractivity contribution in [3.8, 4) is 0 Å². The van der Waals surface area contributed by atoms with Crippen LogP contribution in [-0.2, 0) is 22.4 Å². The summed E-state index contributed by atoms with van der Waals surface area (Å²) in [6.07, 6.45) is 3.97. The number of benzene rings is 2. The van der Waals surface area contributed by atoms with Crippen molar-refractivity contribution in [2.45, 2.75) is 32.6 Å². The van der Waals surface area contributed by atoms with E-state index in [0.717, 1.165) is 29.8 Å². The highest BCUT2D eigenvalue weighted by molar-refractivity contribution is 6.13. The van der Waals surface area contributed by atoms with Crippen molar-refractivity contribution < 1.29 is 9.59 Å². The minimum atomic E-state index is -0.602. The minimum absolute atomic E-state index is 0.0949. The molecule has 4 rings (SSSR count). The summed E-state index contributed by atoms with van der Waals surface area (Å²) in [4.78, 5) is 27.0. The number of nitrogens with zero attached hydrogens (tertiary/aromatic N) is 1. The maximum absolute atomic E-state index is 12.8. The van der Waals surface area contributed by atoms with Gasteiger partial charge in [-0.3, -0.25) is 9.59 Å². The molecule has 2 aliphatic rings. The standard InChI is InChI=1S/C21H22N2O2/c1-14-5-8-17(9-6-14)22-20(24)19-11-12-23(21(19)25)18-10-7-15-3-2-4-16(15)13-18/h5-10,13,19H,2-4,11-12H2,1H3,(H,22,24)/t19-/m1/s1. The summed E-state index contributed by atoms with van der Waals surface area (Å²) < 4.78 is 0. The molecule has 0 unspecified atom stereocenters. The van der Waals surface area contributed by atoms with Crippen LogP contribution in [0.4, 0.5) is 11.4 Å². The fourth-order valence-electron chi connectivity index (χ4n) is 3.77. The predicted octanol–water partition coefficient (Wildman–Crippen LogP) is 3.48. The lowest BCUT2D eigenvalue weighted by Crippen LogP contribution is -2.33. The third kappa shape index (κ3) is 3.04. The van der Waals surface area contributed by atoms with E-state index in [4.69, 9.17) is 0 Å². The van der Waals surface area contributed by atoms with Crippen LogP contribution in [-0.4, -0.2) is 18.4 Å². The van der Waals surface area contributed by atoms with Crippen molar-refractivity contribution in [2.75, 3.05) is 16.8 Å². The molecule has 2 amide bonds. The zero-order valence-corrected chi connectivity index (χ0v) is 14.4. The molecule has 1 N–H and O–H groups in total. The molecule has 0 aromatic heterocycles.